The largest absolute Gasteiger partial charge is 0.347 e. The van der Waals surface area contributed by atoms with Crippen molar-refractivity contribution in [1.82, 2.24) is 5.32 Å². The maximum Gasteiger partial charge on any atom is 0.279 e. The van der Waals surface area contributed by atoms with Gasteiger partial charge in [0.1, 0.15) is 0 Å². The van der Waals surface area contributed by atoms with E-state index in [1.807, 2.05) is 82.4 Å². The predicted octanol–water partition coefficient (Wildman–Crippen LogP) is 2.21. The highest BCUT2D eigenvalue weighted by atomic mass is 32.2. The number of likely N-dealkylation sites (N-methyl/N-ethyl adjacent to an activating group) is 1. The zero-order valence-electron chi connectivity index (χ0n) is 16.3. The number of carbonyl (C=O) groups excluding carboxylic acids is 2. The van der Waals surface area contributed by atoms with Crippen LogP contribution in [0.25, 0.3) is 0 Å². The predicted molar refractivity (Wildman–Crippen MR) is 110 cm³/mol. The first-order chi connectivity index (χ1) is 12.7. The molecule has 1 atom stereocenters. The molecule has 0 bridgehead atoms. The van der Waals surface area contributed by atoms with E-state index in [-0.39, 0.29) is 30.4 Å². The third-order valence-electron chi connectivity index (χ3n) is 3.57. The highest BCUT2D eigenvalue weighted by Crippen LogP contribution is 2.32. The van der Waals surface area contributed by atoms with Gasteiger partial charge in [0.2, 0.25) is 0 Å². The lowest BCUT2D eigenvalue weighted by molar-refractivity contribution is -0.862. The summed E-state index contributed by atoms with van der Waals surface area (Å²) in [7, 11) is 1.84. The van der Waals surface area contributed by atoms with E-state index in [9.17, 15) is 9.59 Å². The van der Waals surface area contributed by atoms with E-state index >= 15 is 0 Å². The van der Waals surface area contributed by atoms with Crippen LogP contribution in [0.2, 0.25) is 0 Å². The first-order valence-electron chi connectivity index (χ1n) is 8.97. The molecule has 0 heterocycles. The van der Waals surface area contributed by atoms with Crippen LogP contribution in [-0.2, 0) is 9.59 Å². The molecule has 0 aliphatic rings. The van der Waals surface area contributed by atoms with Crippen molar-refractivity contribution < 1.29 is 14.5 Å². The number of nitrogens with one attached hydrogen (secondary N) is 3. The van der Waals surface area contributed by atoms with Crippen LogP contribution >= 0.6 is 11.8 Å². The monoisotopic (exact) mass is 386 g/mol. The van der Waals surface area contributed by atoms with E-state index in [1.54, 1.807) is 11.8 Å². The number of amides is 2. The molecule has 6 heteroatoms. The lowest BCUT2D eigenvalue weighted by atomic mass is 10.1. The van der Waals surface area contributed by atoms with E-state index in [0.29, 0.717) is 0 Å². The summed E-state index contributed by atoms with van der Waals surface area (Å²) in [5, 5.41) is 5.89. The smallest absolute Gasteiger partial charge is 0.279 e. The minimum Gasteiger partial charge on any atom is -0.347 e. The van der Waals surface area contributed by atoms with Gasteiger partial charge in [0.15, 0.2) is 13.1 Å². The molecule has 0 spiro atoms. The van der Waals surface area contributed by atoms with E-state index in [1.165, 1.54) is 0 Å². The standard InChI is InChI=1S/C21H27N3O2S/c1-21(2,3)23-20(26)15-24(4)14-19(25)22-17-12-8-9-13-18(17)27-16-10-6-5-7-11-16/h5-13H,14-15H2,1-4H3,(H,22,25)(H,23,26)/p+1. The second-order valence-corrected chi connectivity index (χ2v) is 8.68. The molecule has 5 nitrogen and oxygen atoms in total. The molecule has 0 fully saturated rings. The summed E-state index contributed by atoms with van der Waals surface area (Å²) in [6.45, 7) is 6.30. The van der Waals surface area contributed by atoms with Gasteiger partial charge in [-0.3, -0.25) is 9.59 Å². The van der Waals surface area contributed by atoms with E-state index in [4.69, 9.17) is 0 Å². The average molecular weight is 387 g/mol. The lowest BCUT2D eigenvalue weighted by Gasteiger charge is -2.21. The molecule has 0 aromatic heterocycles. The molecule has 2 aromatic rings. The minimum absolute atomic E-state index is 0.0622. The molecule has 144 valence electrons. The van der Waals surface area contributed by atoms with Crippen molar-refractivity contribution in [3.05, 3.63) is 54.6 Å². The highest BCUT2D eigenvalue weighted by molar-refractivity contribution is 7.99. The molecule has 2 aromatic carbocycles. The Bertz CT molecular complexity index is 772. The van der Waals surface area contributed by atoms with Crippen LogP contribution in [0.4, 0.5) is 5.69 Å². The first-order valence-corrected chi connectivity index (χ1v) is 9.79. The molecule has 2 amide bonds. The zero-order chi connectivity index (χ0) is 19.9. The van der Waals surface area contributed by atoms with Gasteiger partial charge in [-0.15, -0.1) is 0 Å². The van der Waals surface area contributed by atoms with Crippen LogP contribution in [0.1, 0.15) is 20.8 Å². The van der Waals surface area contributed by atoms with Gasteiger partial charge in [0.05, 0.1) is 12.7 Å². The Kier molecular flexibility index (Phi) is 7.45. The molecule has 0 radical (unpaired) electrons. The summed E-state index contributed by atoms with van der Waals surface area (Å²) >= 11 is 1.61. The Hall–Kier alpha value is -2.31. The Morgan fingerprint density at radius 1 is 0.926 bits per heavy atom. The Balaban J connectivity index is 1.93. The molecule has 0 aliphatic carbocycles. The summed E-state index contributed by atoms with van der Waals surface area (Å²) in [4.78, 5) is 27.4. The number of rotatable bonds is 7. The summed E-state index contributed by atoms with van der Waals surface area (Å²) in [5.41, 5.74) is 0.510. The number of quaternary nitrogens is 1. The van der Waals surface area contributed by atoms with Crippen LogP contribution < -0.4 is 15.5 Å². The second-order valence-electron chi connectivity index (χ2n) is 7.57. The Labute approximate surface area is 165 Å². The van der Waals surface area contributed by atoms with Gasteiger partial charge in [-0.2, -0.15) is 0 Å². The van der Waals surface area contributed by atoms with Gasteiger partial charge in [-0.1, -0.05) is 42.1 Å². The molecule has 1 unspecified atom stereocenters. The third-order valence-corrected chi connectivity index (χ3v) is 4.66. The molecule has 0 saturated heterocycles. The highest BCUT2D eigenvalue weighted by Gasteiger charge is 2.19. The van der Waals surface area contributed by atoms with Crippen LogP contribution in [0.3, 0.4) is 0 Å². The van der Waals surface area contributed by atoms with Crippen LogP contribution in [0.15, 0.2) is 64.4 Å². The molecular weight excluding hydrogens is 358 g/mol. The topological polar surface area (TPSA) is 62.6 Å². The van der Waals surface area contributed by atoms with Crippen molar-refractivity contribution in [1.29, 1.82) is 0 Å². The van der Waals surface area contributed by atoms with Crippen LogP contribution in [0, 0.1) is 0 Å². The lowest BCUT2D eigenvalue weighted by Crippen LogP contribution is -3.11. The maximum atomic E-state index is 12.4. The first kappa shape index (κ1) is 21.0. The van der Waals surface area contributed by atoms with E-state index in [2.05, 4.69) is 10.6 Å². The van der Waals surface area contributed by atoms with E-state index < -0.39 is 0 Å². The number of carbonyl (C=O) groups is 2. The van der Waals surface area contributed by atoms with Crippen molar-refractivity contribution in [2.45, 2.75) is 36.1 Å². The van der Waals surface area contributed by atoms with Gasteiger partial charge >= 0.3 is 0 Å². The van der Waals surface area contributed by atoms with Crippen LogP contribution in [0.5, 0.6) is 0 Å². The van der Waals surface area contributed by atoms with Crippen molar-refractivity contribution in [2.75, 3.05) is 25.5 Å². The quantitative estimate of drug-likeness (QED) is 0.684. The minimum atomic E-state index is -0.271. The van der Waals surface area contributed by atoms with Gasteiger partial charge in [0.25, 0.3) is 11.8 Å². The van der Waals surface area contributed by atoms with Crippen molar-refractivity contribution >= 4 is 29.3 Å². The number of anilines is 1. The summed E-state index contributed by atoms with van der Waals surface area (Å²) in [5.74, 6) is -0.176. The summed E-state index contributed by atoms with van der Waals surface area (Å²) < 4.78 is 0. The SMILES string of the molecule is C[NH+](CC(=O)Nc1ccccc1Sc1ccccc1)CC(=O)NC(C)(C)C. The summed E-state index contributed by atoms with van der Waals surface area (Å²) in [6.07, 6.45) is 0. The van der Waals surface area contributed by atoms with Gasteiger partial charge in [-0.05, 0) is 45.0 Å². The average Bonchev–Trinajstić information content (AvgIpc) is 2.55. The van der Waals surface area contributed by atoms with Crippen molar-refractivity contribution in [3.63, 3.8) is 0 Å². The molecular formula is C21H28N3O2S+. The fraction of sp³-hybridized carbons (Fsp3) is 0.333. The molecule has 0 aliphatic heterocycles. The Morgan fingerprint density at radius 2 is 1.52 bits per heavy atom. The number of benzene rings is 2. The Morgan fingerprint density at radius 3 is 2.19 bits per heavy atom. The molecule has 27 heavy (non-hydrogen) atoms. The normalized spacial score (nSPS) is 12.3. The third kappa shape index (κ3) is 7.85. The molecule has 2 rings (SSSR count). The number of hydrogen-bond acceptors (Lipinski definition) is 3. The fourth-order valence-corrected chi connectivity index (χ4v) is 3.46. The van der Waals surface area contributed by atoms with Gasteiger partial charge in [0, 0.05) is 15.3 Å². The van der Waals surface area contributed by atoms with Crippen molar-refractivity contribution in [2.24, 2.45) is 0 Å². The zero-order valence-corrected chi connectivity index (χ0v) is 17.2. The van der Waals surface area contributed by atoms with E-state index in [0.717, 1.165) is 20.4 Å². The number of para-hydroxylation sites is 1. The summed E-state index contributed by atoms with van der Waals surface area (Å²) in [6, 6.07) is 17.8. The second kappa shape index (κ2) is 9.58. The molecule has 3 N–H and O–H groups in total. The van der Waals surface area contributed by atoms with Crippen LogP contribution in [-0.4, -0.2) is 37.5 Å². The van der Waals surface area contributed by atoms with Gasteiger partial charge < -0.3 is 15.5 Å². The molecule has 0 saturated carbocycles. The van der Waals surface area contributed by atoms with Crippen molar-refractivity contribution in [3.8, 4) is 0 Å². The fourth-order valence-electron chi connectivity index (χ4n) is 2.54. The number of hydrogen-bond donors (Lipinski definition) is 3. The maximum absolute atomic E-state index is 12.4. The van der Waals surface area contributed by atoms with Gasteiger partial charge in [-0.25, -0.2) is 0 Å².